The second-order valence-electron chi connectivity index (χ2n) is 8.18. The second kappa shape index (κ2) is 7.17. The Hall–Kier alpha value is -2.90. The van der Waals surface area contributed by atoms with Crippen molar-refractivity contribution in [2.24, 2.45) is 7.05 Å². The summed E-state index contributed by atoms with van der Waals surface area (Å²) in [5.74, 6) is 2.76. The minimum absolute atomic E-state index is 0.238. The number of piperidine rings is 1. The van der Waals surface area contributed by atoms with Gasteiger partial charge in [0, 0.05) is 43.5 Å². The summed E-state index contributed by atoms with van der Waals surface area (Å²) in [6.45, 7) is 3.51. The normalized spacial score (nSPS) is 17.8. The molecule has 1 amide bonds. The van der Waals surface area contributed by atoms with Crippen LogP contribution in [-0.4, -0.2) is 48.9 Å². The number of aromatic nitrogens is 5. The van der Waals surface area contributed by atoms with Crippen molar-refractivity contribution in [3.63, 3.8) is 0 Å². The van der Waals surface area contributed by atoms with Gasteiger partial charge in [0.1, 0.15) is 0 Å². The van der Waals surface area contributed by atoms with Gasteiger partial charge in [0.25, 0.3) is 0 Å². The van der Waals surface area contributed by atoms with Crippen LogP contribution in [0.5, 0.6) is 0 Å². The lowest BCUT2D eigenvalue weighted by Gasteiger charge is -2.30. The van der Waals surface area contributed by atoms with E-state index in [0.717, 1.165) is 48.9 Å². The van der Waals surface area contributed by atoms with Gasteiger partial charge in [0.2, 0.25) is 11.9 Å². The topological polar surface area (TPSA) is 91.7 Å². The van der Waals surface area contributed by atoms with E-state index in [2.05, 4.69) is 32.7 Å². The molecule has 1 saturated carbocycles. The number of aryl methyl sites for hydroxylation is 1. The minimum atomic E-state index is 0.238. The third-order valence-electron chi connectivity index (χ3n) is 6.19. The molecule has 29 heavy (non-hydrogen) atoms. The third kappa shape index (κ3) is 3.36. The molecule has 5 rings (SSSR count). The van der Waals surface area contributed by atoms with Gasteiger partial charge < -0.3 is 10.2 Å². The molecule has 3 aromatic rings. The zero-order valence-corrected chi connectivity index (χ0v) is 17.0. The summed E-state index contributed by atoms with van der Waals surface area (Å²) >= 11 is 0. The van der Waals surface area contributed by atoms with Gasteiger partial charge in [-0.15, -0.1) is 0 Å². The highest BCUT2D eigenvalue weighted by molar-refractivity contribution is 5.88. The van der Waals surface area contributed by atoms with Crippen molar-refractivity contribution in [3.05, 3.63) is 29.7 Å². The number of rotatable bonds is 5. The zero-order valence-electron chi connectivity index (χ0n) is 17.0. The zero-order chi connectivity index (χ0) is 20.0. The Balaban J connectivity index is 1.36. The average Bonchev–Trinajstić information content (AvgIpc) is 3.35. The number of anilines is 2. The first kappa shape index (κ1) is 18.1. The van der Waals surface area contributed by atoms with Crippen LogP contribution >= 0.6 is 0 Å². The lowest BCUT2D eigenvalue weighted by Crippen LogP contribution is -2.37. The number of carbonyl (C=O) groups is 1. The number of likely N-dealkylation sites (tertiary alicyclic amines) is 1. The molecule has 2 N–H and O–H groups in total. The van der Waals surface area contributed by atoms with Crippen LogP contribution < -0.4 is 5.32 Å². The number of hydrogen-bond donors (Lipinski definition) is 2. The van der Waals surface area contributed by atoms with Crippen molar-refractivity contribution in [2.45, 2.75) is 50.9 Å². The van der Waals surface area contributed by atoms with Crippen LogP contribution in [0.3, 0.4) is 0 Å². The number of benzene rings is 1. The molecule has 1 aromatic carbocycles. The first-order valence-corrected chi connectivity index (χ1v) is 10.6. The number of hydrogen-bond acceptors (Lipinski definition) is 5. The smallest absolute Gasteiger partial charge is 0.225 e. The number of nitrogens with one attached hydrogen (secondary N) is 2. The standard InChI is InChI=1S/C21H27N7O/c1-3-18(29)28-10-8-14(9-11-28)20-24-21(27(2)26-20)23-17-7-6-16-15(12-22-25-16)19(17)13-4-5-13/h6-7,12-14H,3-5,8-11H2,1-2H3,(H,22,25)(H,23,24,26). The molecule has 152 valence electrons. The van der Waals surface area contributed by atoms with Gasteiger partial charge in [-0.2, -0.15) is 15.2 Å². The summed E-state index contributed by atoms with van der Waals surface area (Å²) in [7, 11) is 1.93. The van der Waals surface area contributed by atoms with Crippen molar-refractivity contribution in [2.75, 3.05) is 18.4 Å². The SMILES string of the molecule is CCC(=O)N1CCC(c2nc(Nc3ccc4[nH]ncc4c3C3CC3)n(C)n2)CC1. The Labute approximate surface area is 169 Å². The summed E-state index contributed by atoms with van der Waals surface area (Å²) in [6, 6.07) is 4.17. The second-order valence-corrected chi connectivity index (χ2v) is 8.18. The fraction of sp³-hybridized carbons (Fsp3) is 0.524. The van der Waals surface area contributed by atoms with E-state index in [1.54, 1.807) is 0 Å². The molecule has 0 unspecified atom stereocenters. The molecule has 1 aliphatic carbocycles. The molecule has 0 atom stereocenters. The first-order valence-electron chi connectivity index (χ1n) is 10.6. The molecule has 2 aliphatic rings. The third-order valence-corrected chi connectivity index (χ3v) is 6.19. The summed E-state index contributed by atoms with van der Waals surface area (Å²) < 4.78 is 1.83. The highest BCUT2D eigenvalue weighted by Crippen LogP contribution is 2.47. The lowest BCUT2D eigenvalue weighted by molar-refractivity contribution is -0.131. The Morgan fingerprint density at radius 3 is 2.72 bits per heavy atom. The molecule has 2 fully saturated rings. The number of carbonyl (C=O) groups excluding carboxylic acids is 1. The van der Waals surface area contributed by atoms with E-state index in [-0.39, 0.29) is 5.91 Å². The van der Waals surface area contributed by atoms with Gasteiger partial charge >= 0.3 is 0 Å². The molecule has 8 nitrogen and oxygen atoms in total. The average molecular weight is 393 g/mol. The molecule has 8 heteroatoms. The maximum atomic E-state index is 11.9. The van der Waals surface area contributed by atoms with Gasteiger partial charge in [0.15, 0.2) is 5.82 Å². The number of nitrogens with zero attached hydrogens (tertiary/aromatic N) is 5. The van der Waals surface area contributed by atoms with Crippen LogP contribution in [0.2, 0.25) is 0 Å². The summed E-state index contributed by atoms with van der Waals surface area (Å²) in [6.07, 6.45) is 6.77. The van der Waals surface area contributed by atoms with Gasteiger partial charge in [-0.3, -0.25) is 9.89 Å². The molecule has 3 heterocycles. The molecule has 0 spiro atoms. The highest BCUT2D eigenvalue weighted by atomic mass is 16.2. The largest absolute Gasteiger partial charge is 0.343 e. The fourth-order valence-electron chi connectivity index (χ4n) is 4.38. The summed E-state index contributed by atoms with van der Waals surface area (Å²) in [4.78, 5) is 18.7. The molecule has 2 aromatic heterocycles. The number of H-pyrrole nitrogens is 1. The molecule has 1 saturated heterocycles. The Morgan fingerprint density at radius 2 is 2.00 bits per heavy atom. The van der Waals surface area contributed by atoms with Crippen molar-refractivity contribution in [1.29, 1.82) is 0 Å². The van der Waals surface area contributed by atoms with Crippen molar-refractivity contribution >= 4 is 28.4 Å². The number of amides is 1. The van der Waals surface area contributed by atoms with Crippen LogP contribution in [0.15, 0.2) is 18.3 Å². The maximum Gasteiger partial charge on any atom is 0.225 e. The van der Waals surface area contributed by atoms with E-state index in [4.69, 9.17) is 4.98 Å². The summed E-state index contributed by atoms with van der Waals surface area (Å²) in [5.41, 5.74) is 3.49. The molecular weight excluding hydrogens is 366 g/mol. The summed E-state index contributed by atoms with van der Waals surface area (Å²) in [5, 5.41) is 16.7. The quantitative estimate of drug-likeness (QED) is 0.693. The molecular formula is C21H27N7O. The lowest BCUT2D eigenvalue weighted by atomic mass is 9.96. The van der Waals surface area contributed by atoms with Crippen molar-refractivity contribution < 1.29 is 4.79 Å². The van der Waals surface area contributed by atoms with Gasteiger partial charge in [-0.05, 0) is 49.3 Å². The van der Waals surface area contributed by atoms with Crippen molar-refractivity contribution in [3.8, 4) is 0 Å². The molecule has 0 radical (unpaired) electrons. The number of fused-ring (bicyclic) bond motifs is 1. The van der Waals surface area contributed by atoms with E-state index in [1.165, 1.54) is 23.8 Å². The predicted molar refractivity (Wildman–Crippen MR) is 111 cm³/mol. The van der Waals surface area contributed by atoms with Crippen LogP contribution in [0.1, 0.15) is 62.3 Å². The monoisotopic (exact) mass is 393 g/mol. The fourth-order valence-corrected chi connectivity index (χ4v) is 4.38. The van der Waals surface area contributed by atoms with E-state index in [9.17, 15) is 4.79 Å². The van der Waals surface area contributed by atoms with Gasteiger partial charge in [-0.25, -0.2) is 4.68 Å². The van der Waals surface area contributed by atoms with Crippen LogP contribution in [0.4, 0.5) is 11.6 Å². The van der Waals surface area contributed by atoms with Crippen molar-refractivity contribution in [1.82, 2.24) is 29.9 Å². The molecule has 1 aliphatic heterocycles. The van der Waals surface area contributed by atoms with E-state index < -0.39 is 0 Å². The van der Waals surface area contributed by atoms with Gasteiger partial charge in [-0.1, -0.05) is 6.92 Å². The Bertz CT molecular complexity index is 1040. The van der Waals surface area contributed by atoms with E-state index in [1.807, 2.05) is 29.7 Å². The highest BCUT2D eigenvalue weighted by Gasteiger charge is 2.30. The Morgan fingerprint density at radius 1 is 1.21 bits per heavy atom. The predicted octanol–water partition coefficient (Wildman–Crippen LogP) is 3.43. The maximum absolute atomic E-state index is 11.9. The Kier molecular flexibility index (Phi) is 4.49. The van der Waals surface area contributed by atoms with Crippen LogP contribution in [0, 0.1) is 0 Å². The minimum Gasteiger partial charge on any atom is -0.343 e. The van der Waals surface area contributed by atoms with E-state index in [0.29, 0.717) is 18.3 Å². The molecule has 0 bridgehead atoms. The van der Waals surface area contributed by atoms with Crippen LogP contribution in [0.25, 0.3) is 10.9 Å². The van der Waals surface area contributed by atoms with E-state index >= 15 is 0 Å². The van der Waals surface area contributed by atoms with Crippen LogP contribution in [-0.2, 0) is 11.8 Å². The first-order chi connectivity index (χ1) is 14.1. The number of aromatic amines is 1. The van der Waals surface area contributed by atoms with Gasteiger partial charge in [0.05, 0.1) is 11.7 Å².